The molecule has 1 aromatic heterocycles. The lowest BCUT2D eigenvalue weighted by molar-refractivity contribution is -0.384. The second-order valence-electron chi connectivity index (χ2n) is 10.9. The third kappa shape index (κ3) is 6.89. The van der Waals surface area contributed by atoms with E-state index in [2.05, 4.69) is 10.6 Å². The molecule has 0 radical (unpaired) electrons. The zero-order valence-electron chi connectivity index (χ0n) is 25.8. The van der Waals surface area contributed by atoms with E-state index in [4.69, 9.17) is 0 Å². The Labute approximate surface area is 280 Å². The maximum atomic E-state index is 14.1. The third-order valence-corrected chi connectivity index (χ3v) is 9.11. The van der Waals surface area contributed by atoms with Crippen LogP contribution in [-0.4, -0.2) is 32.5 Å². The maximum absolute atomic E-state index is 14.1. The number of amides is 2. The van der Waals surface area contributed by atoms with Gasteiger partial charge in [-0.1, -0.05) is 67.6 Å². The van der Waals surface area contributed by atoms with Gasteiger partial charge in [-0.05, 0) is 72.7 Å². The Morgan fingerprint density at radius 3 is 2.06 bits per heavy atom. The second-order valence-corrected chi connectivity index (χ2v) is 12.2. The molecule has 0 spiro atoms. The van der Waals surface area contributed by atoms with E-state index in [0.717, 1.165) is 26.7 Å². The first-order chi connectivity index (χ1) is 23.3. The van der Waals surface area contributed by atoms with Crippen LogP contribution in [0.5, 0.6) is 0 Å². The van der Waals surface area contributed by atoms with Crippen molar-refractivity contribution in [1.29, 1.82) is 0 Å². The summed E-state index contributed by atoms with van der Waals surface area (Å²) in [6.07, 6.45) is 2.03. The van der Waals surface area contributed by atoms with Crippen molar-refractivity contribution in [3.63, 3.8) is 0 Å². The zero-order valence-corrected chi connectivity index (χ0v) is 26.6. The molecule has 2 amide bonds. The number of nitrogens with zero attached hydrogens (tertiary/aromatic N) is 2. The third-order valence-electron chi connectivity index (χ3n) is 7.76. The van der Waals surface area contributed by atoms with Gasteiger partial charge in [0.25, 0.3) is 17.5 Å². The Morgan fingerprint density at radius 1 is 0.812 bits per heavy atom. The number of fused-ring (bicyclic) bond motifs is 3. The number of carbonyl (C=O) groups excluding carboxylic acids is 3. The Hall–Kier alpha value is -6.00. The number of nitrogens with one attached hydrogen (secondary N) is 2. The number of nitro groups is 1. The van der Waals surface area contributed by atoms with Crippen molar-refractivity contribution >= 4 is 68.7 Å². The first-order valence-corrected chi connectivity index (χ1v) is 16.1. The summed E-state index contributed by atoms with van der Waals surface area (Å²) >= 11 is 1.41. The van der Waals surface area contributed by atoms with Crippen LogP contribution in [0.15, 0.2) is 138 Å². The molecule has 9 nitrogen and oxygen atoms in total. The topological polar surface area (TPSA) is 123 Å². The molecule has 10 heteroatoms. The number of para-hydroxylation sites is 2. The van der Waals surface area contributed by atoms with Crippen molar-refractivity contribution in [1.82, 2.24) is 9.88 Å². The number of thioether (sulfide) groups is 1. The summed E-state index contributed by atoms with van der Waals surface area (Å²) in [6.45, 7) is 1.97. The molecule has 0 bridgehead atoms. The van der Waals surface area contributed by atoms with E-state index in [1.165, 1.54) is 42.1 Å². The van der Waals surface area contributed by atoms with Gasteiger partial charge in [-0.15, -0.1) is 11.8 Å². The van der Waals surface area contributed by atoms with Crippen molar-refractivity contribution in [3.8, 4) is 0 Å². The number of aromatic nitrogens is 1. The van der Waals surface area contributed by atoms with Gasteiger partial charge in [0, 0.05) is 39.1 Å². The minimum atomic E-state index is -0.590. The van der Waals surface area contributed by atoms with Gasteiger partial charge in [0.2, 0.25) is 5.91 Å². The summed E-state index contributed by atoms with van der Waals surface area (Å²) in [6, 6.07) is 37.0. The van der Waals surface area contributed by atoms with Crippen LogP contribution in [0.2, 0.25) is 0 Å². The van der Waals surface area contributed by atoms with Crippen LogP contribution in [0.3, 0.4) is 0 Å². The van der Waals surface area contributed by atoms with Crippen LogP contribution in [0.1, 0.15) is 34.1 Å². The molecule has 238 valence electrons. The average molecular weight is 655 g/mol. The van der Waals surface area contributed by atoms with E-state index in [1.54, 1.807) is 53.1 Å². The molecule has 1 unspecified atom stereocenters. The van der Waals surface area contributed by atoms with Crippen molar-refractivity contribution in [2.75, 3.05) is 5.32 Å². The predicted molar refractivity (Wildman–Crippen MR) is 190 cm³/mol. The molecule has 1 heterocycles. The lowest BCUT2D eigenvalue weighted by Crippen LogP contribution is -2.30. The highest BCUT2D eigenvalue weighted by atomic mass is 32.2. The zero-order chi connectivity index (χ0) is 33.6. The SMILES string of the molecule is CCC(Sc1cccc(NC(=O)/C(=C\c2ccc([N+](=O)[O-])cc2)NC(=O)c2ccccc2)c1)C(=O)n1c2ccccc2c2ccccc21. The lowest BCUT2D eigenvalue weighted by Gasteiger charge is -2.17. The number of hydrogen-bond acceptors (Lipinski definition) is 6. The van der Waals surface area contributed by atoms with Crippen LogP contribution in [0, 0.1) is 10.1 Å². The van der Waals surface area contributed by atoms with Crippen molar-refractivity contribution in [2.45, 2.75) is 23.5 Å². The number of hydrogen-bond donors (Lipinski definition) is 2. The van der Waals surface area contributed by atoms with Crippen LogP contribution >= 0.6 is 11.8 Å². The number of anilines is 1. The smallest absolute Gasteiger partial charge is 0.272 e. The van der Waals surface area contributed by atoms with Gasteiger partial charge in [-0.25, -0.2) is 0 Å². The molecule has 6 aromatic rings. The van der Waals surface area contributed by atoms with E-state index in [0.29, 0.717) is 23.2 Å². The molecule has 0 aliphatic heterocycles. The highest BCUT2D eigenvalue weighted by Gasteiger charge is 2.24. The molecule has 48 heavy (non-hydrogen) atoms. The monoisotopic (exact) mass is 654 g/mol. The van der Waals surface area contributed by atoms with Crippen molar-refractivity contribution in [3.05, 3.63) is 154 Å². The lowest BCUT2D eigenvalue weighted by atomic mass is 10.1. The fourth-order valence-corrected chi connectivity index (χ4v) is 6.48. The highest BCUT2D eigenvalue weighted by molar-refractivity contribution is 8.00. The fraction of sp³-hybridized carbons (Fsp3) is 0.0789. The summed E-state index contributed by atoms with van der Waals surface area (Å²) in [5.41, 5.74) is 2.87. The minimum absolute atomic E-state index is 0.0359. The maximum Gasteiger partial charge on any atom is 0.272 e. The number of nitro benzene ring substituents is 1. The molecular formula is C38H30N4O5S. The number of non-ortho nitro benzene ring substituents is 1. The van der Waals surface area contributed by atoms with Gasteiger partial charge in [-0.3, -0.25) is 29.1 Å². The summed E-state index contributed by atoms with van der Waals surface area (Å²) < 4.78 is 1.79. The first kappa shape index (κ1) is 32.0. The first-order valence-electron chi connectivity index (χ1n) is 15.3. The van der Waals surface area contributed by atoms with E-state index in [1.807, 2.05) is 61.5 Å². The Morgan fingerprint density at radius 2 is 1.44 bits per heavy atom. The normalized spacial score (nSPS) is 12.1. The van der Waals surface area contributed by atoms with E-state index >= 15 is 0 Å². The van der Waals surface area contributed by atoms with E-state index in [9.17, 15) is 24.5 Å². The molecule has 5 aromatic carbocycles. The van der Waals surface area contributed by atoms with Crippen LogP contribution in [0.25, 0.3) is 27.9 Å². The molecular weight excluding hydrogens is 625 g/mol. The number of carbonyl (C=O) groups is 3. The number of rotatable bonds is 10. The van der Waals surface area contributed by atoms with Gasteiger partial charge in [-0.2, -0.15) is 0 Å². The van der Waals surface area contributed by atoms with Crippen LogP contribution in [0.4, 0.5) is 11.4 Å². The quantitative estimate of drug-likeness (QED) is 0.0663. The molecule has 6 rings (SSSR count). The Bertz CT molecular complexity index is 2140. The standard InChI is InChI=1S/C38H30N4O5S/c1-2-35(38(45)41-33-17-8-6-15-30(33)31-16-7-9-18-34(31)41)48-29-14-10-13-27(24-29)39-37(44)32(40-36(43)26-11-4-3-5-12-26)23-25-19-21-28(22-20-25)42(46)47/h3-24,35H,2H2,1H3,(H,39,44)(H,40,43)/b32-23+. The summed E-state index contributed by atoms with van der Waals surface area (Å²) in [5, 5.41) is 18.3. The van der Waals surface area contributed by atoms with Gasteiger partial charge in [0.15, 0.2) is 0 Å². The molecule has 0 fully saturated rings. The van der Waals surface area contributed by atoms with Gasteiger partial charge < -0.3 is 10.6 Å². The fourth-order valence-electron chi connectivity index (χ4n) is 5.42. The molecule has 0 aliphatic carbocycles. The summed E-state index contributed by atoms with van der Waals surface area (Å²) in [5.74, 6) is -1.11. The summed E-state index contributed by atoms with van der Waals surface area (Å²) in [4.78, 5) is 52.1. The average Bonchev–Trinajstić information content (AvgIpc) is 3.45. The Balaban J connectivity index is 1.24. The molecule has 0 saturated heterocycles. The van der Waals surface area contributed by atoms with E-state index < -0.39 is 22.0 Å². The van der Waals surface area contributed by atoms with Crippen LogP contribution in [-0.2, 0) is 4.79 Å². The largest absolute Gasteiger partial charge is 0.321 e. The molecule has 1 atom stereocenters. The van der Waals surface area contributed by atoms with Crippen molar-refractivity contribution in [2.24, 2.45) is 0 Å². The van der Waals surface area contributed by atoms with Crippen molar-refractivity contribution < 1.29 is 19.3 Å². The van der Waals surface area contributed by atoms with Gasteiger partial charge >= 0.3 is 0 Å². The van der Waals surface area contributed by atoms with Gasteiger partial charge in [0.05, 0.1) is 21.2 Å². The molecule has 2 N–H and O–H groups in total. The Kier molecular flexibility index (Phi) is 9.45. The van der Waals surface area contributed by atoms with E-state index in [-0.39, 0.29) is 17.3 Å². The van der Waals surface area contributed by atoms with Crippen LogP contribution < -0.4 is 10.6 Å². The summed E-state index contributed by atoms with van der Waals surface area (Å²) in [7, 11) is 0. The highest BCUT2D eigenvalue weighted by Crippen LogP contribution is 2.33. The molecule has 0 saturated carbocycles. The minimum Gasteiger partial charge on any atom is -0.321 e. The number of benzene rings is 5. The second kappa shape index (κ2) is 14.2. The predicted octanol–water partition coefficient (Wildman–Crippen LogP) is 8.32. The molecule has 0 aliphatic rings. The van der Waals surface area contributed by atoms with Gasteiger partial charge in [0.1, 0.15) is 5.70 Å².